The molecular weight excluding hydrogens is 338 g/mol. The van der Waals surface area contributed by atoms with Gasteiger partial charge in [0, 0.05) is 5.92 Å². The predicted octanol–water partition coefficient (Wildman–Crippen LogP) is 4.93. The summed E-state index contributed by atoms with van der Waals surface area (Å²) in [5.41, 5.74) is -5.57. The number of rotatable bonds is 4. The molecule has 138 valence electrons. The molecule has 3 rings (SSSR count). The number of hydrogen-bond donors (Lipinski definition) is 0. The van der Waals surface area contributed by atoms with Gasteiger partial charge in [-0.3, -0.25) is 0 Å². The quantitative estimate of drug-likeness (QED) is 0.524. The van der Waals surface area contributed by atoms with Crippen molar-refractivity contribution in [1.29, 1.82) is 0 Å². The molecule has 2 nitrogen and oxygen atoms in total. The highest BCUT2D eigenvalue weighted by atomic mass is 19.4. The van der Waals surface area contributed by atoms with Gasteiger partial charge in [0.25, 0.3) is 5.60 Å². The van der Waals surface area contributed by atoms with Crippen LogP contribution in [0.4, 0.5) is 26.3 Å². The summed E-state index contributed by atoms with van der Waals surface area (Å²) in [6, 6.07) is 0. The Bertz CT molecular complexity index is 490. The van der Waals surface area contributed by atoms with Crippen LogP contribution < -0.4 is 0 Å². The first-order chi connectivity index (χ1) is 11.0. The number of hydrogen-bond acceptors (Lipinski definition) is 2. The minimum atomic E-state index is -5.57. The highest BCUT2D eigenvalue weighted by Crippen LogP contribution is 2.59. The fourth-order valence-electron chi connectivity index (χ4n) is 4.33. The summed E-state index contributed by atoms with van der Waals surface area (Å²) < 4.78 is 93.7. The van der Waals surface area contributed by atoms with Gasteiger partial charge < -0.3 is 9.47 Å². The molecule has 0 spiro atoms. The molecule has 2 fully saturated rings. The second kappa shape index (κ2) is 5.62. The van der Waals surface area contributed by atoms with Crippen molar-refractivity contribution in [3.05, 3.63) is 12.2 Å². The van der Waals surface area contributed by atoms with E-state index in [2.05, 4.69) is 0 Å². The summed E-state index contributed by atoms with van der Waals surface area (Å²) in [5.74, 6) is -1.81. The predicted molar refractivity (Wildman–Crippen MR) is 73.3 cm³/mol. The fraction of sp³-hybridized carbons (Fsp3) is 0.875. The zero-order valence-corrected chi connectivity index (χ0v) is 13.2. The Kier molecular flexibility index (Phi) is 4.23. The molecule has 1 saturated carbocycles. The lowest BCUT2D eigenvalue weighted by atomic mass is 9.76. The molecule has 2 heterocycles. The molecular formula is C16H20F6O2. The minimum absolute atomic E-state index is 0.123. The second-order valence-corrected chi connectivity index (χ2v) is 6.94. The van der Waals surface area contributed by atoms with Crippen molar-refractivity contribution in [2.75, 3.05) is 0 Å². The van der Waals surface area contributed by atoms with Crippen LogP contribution in [-0.2, 0) is 9.47 Å². The van der Waals surface area contributed by atoms with E-state index in [0.717, 1.165) is 0 Å². The molecule has 8 heteroatoms. The minimum Gasteiger partial charge on any atom is -0.366 e. The zero-order valence-electron chi connectivity index (χ0n) is 13.2. The van der Waals surface area contributed by atoms with Gasteiger partial charge >= 0.3 is 12.4 Å². The first-order valence-corrected chi connectivity index (χ1v) is 8.22. The van der Waals surface area contributed by atoms with Crippen molar-refractivity contribution >= 4 is 0 Å². The van der Waals surface area contributed by atoms with E-state index in [0.29, 0.717) is 12.8 Å². The number of fused-ring (bicyclic) bond motifs is 2. The van der Waals surface area contributed by atoms with E-state index in [1.54, 1.807) is 6.92 Å². The topological polar surface area (TPSA) is 18.5 Å². The third kappa shape index (κ3) is 2.57. The Morgan fingerprint density at radius 2 is 1.62 bits per heavy atom. The molecule has 3 aliphatic rings. The highest BCUT2D eigenvalue weighted by Gasteiger charge is 2.79. The molecule has 24 heavy (non-hydrogen) atoms. The van der Waals surface area contributed by atoms with Gasteiger partial charge in [0.15, 0.2) is 0 Å². The molecule has 0 aromatic rings. The standard InChI is InChI=1S/C16H20F6O2/c1-2-13(7-3-4-8-13)24-14(15(17,18)19,16(20,21)22)11-9-10-5-6-12(11)23-10/h5-6,10-12H,2-4,7-9H2,1H3. The lowest BCUT2D eigenvalue weighted by Crippen LogP contribution is -2.67. The summed E-state index contributed by atoms with van der Waals surface area (Å²) >= 11 is 0. The SMILES string of the molecule is CCC1(OC(C2CC3C=CC2O3)(C(F)(F)F)C(F)(F)F)CCCC1. The van der Waals surface area contributed by atoms with Crippen LogP contribution >= 0.6 is 0 Å². The Morgan fingerprint density at radius 3 is 2.00 bits per heavy atom. The first-order valence-electron chi connectivity index (χ1n) is 8.22. The zero-order chi connectivity index (χ0) is 17.8. The fourth-order valence-corrected chi connectivity index (χ4v) is 4.33. The van der Waals surface area contributed by atoms with Crippen LogP contribution in [0.25, 0.3) is 0 Å². The van der Waals surface area contributed by atoms with Crippen LogP contribution in [-0.4, -0.2) is 35.8 Å². The van der Waals surface area contributed by atoms with Gasteiger partial charge in [-0.1, -0.05) is 31.9 Å². The van der Waals surface area contributed by atoms with Crippen LogP contribution in [0.5, 0.6) is 0 Å². The molecule has 3 unspecified atom stereocenters. The van der Waals surface area contributed by atoms with Crippen molar-refractivity contribution in [2.24, 2.45) is 5.92 Å². The highest BCUT2D eigenvalue weighted by molar-refractivity contribution is 5.19. The maximum atomic E-state index is 13.9. The van der Waals surface area contributed by atoms with Crippen LogP contribution in [0, 0.1) is 5.92 Å². The van der Waals surface area contributed by atoms with E-state index in [4.69, 9.17) is 9.47 Å². The molecule has 0 radical (unpaired) electrons. The van der Waals surface area contributed by atoms with Crippen molar-refractivity contribution in [3.63, 3.8) is 0 Å². The van der Waals surface area contributed by atoms with E-state index >= 15 is 0 Å². The largest absolute Gasteiger partial charge is 0.426 e. The monoisotopic (exact) mass is 358 g/mol. The summed E-state index contributed by atoms with van der Waals surface area (Å²) in [5, 5.41) is 0. The van der Waals surface area contributed by atoms with Gasteiger partial charge in [-0.2, -0.15) is 26.3 Å². The molecule has 0 aromatic carbocycles. The molecule has 0 N–H and O–H groups in total. The third-order valence-electron chi connectivity index (χ3n) is 5.63. The van der Waals surface area contributed by atoms with Crippen molar-refractivity contribution in [1.82, 2.24) is 0 Å². The second-order valence-electron chi connectivity index (χ2n) is 6.94. The molecule has 0 amide bonds. The number of halogens is 6. The van der Waals surface area contributed by atoms with E-state index in [1.165, 1.54) is 12.2 Å². The van der Waals surface area contributed by atoms with Crippen LogP contribution in [0.15, 0.2) is 12.2 Å². The molecule has 1 aliphatic carbocycles. The maximum absolute atomic E-state index is 13.9. The Morgan fingerprint density at radius 1 is 1.04 bits per heavy atom. The van der Waals surface area contributed by atoms with Gasteiger partial charge in [-0.15, -0.1) is 0 Å². The maximum Gasteiger partial charge on any atom is 0.426 e. The van der Waals surface area contributed by atoms with E-state index in [-0.39, 0.29) is 25.7 Å². The molecule has 3 atom stereocenters. The third-order valence-corrected chi connectivity index (χ3v) is 5.63. The number of alkyl halides is 6. The average molecular weight is 358 g/mol. The normalized spacial score (nSPS) is 32.7. The van der Waals surface area contributed by atoms with Gasteiger partial charge in [-0.05, 0) is 25.7 Å². The average Bonchev–Trinajstić information content (AvgIpc) is 3.19. The van der Waals surface area contributed by atoms with Gasteiger partial charge in [0.1, 0.15) is 0 Å². The van der Waals surface area contributed by atoms with Gasteiger partial charge in [-0.25, -0.2) is 0 Å². The van der Waals surface area contributed by atoms with Crippen LogP contribution in [0.2, 0.25) is 0 Å². The summed E-state index contributed by atoms with van der Waals surface area (Å²) in [7, 11) is 0. The van der Waals surface area contributed by atoms with Gasteiger partial charge in [0.05, 0.1) is 17.8 Å². The first kappa shape index (κ1) is 18.0. The molecule has 2 aliphatic heterocycles. The Hall–Kier alpha value is -0.760. The number of ether oxygens (including phenoxy) is 2. The Balaban J connectivity index is 2.07. The molecule has 0 aromatic heterocycles. The van der Waals surface area contributed by atoms with E-state index in [1.807, 2.05) is 0 Å². The van der Waals surface area contributed by atoms with Crippen LogP contribution in [0.3, 0.4) is 0 Å². The van der Waals surface area contributed by atoms with E-state index < -0.39 is 41.7 Å². The summed E-state index contributed by atoms with van der Waals surface area (Å²) in [6.45, 7) is 1.58. The summed E-state index contributed by atoms with van der Waals surface area (Å²) in [4.78, 5) is 0. The molecule has 2 bridgehead atoms. The smallest absolute Gasteiger partial charge is 0.366 e. The van der Waals surface area contributed by atoms with E-state index in [9.17, 15) is 26.3 Å². The van der Waals surface area contributed by atoms with Crippen molar-refractivity contribution < 1.29 is 35.8 Å². The Labute approximate surface area is 136 Å². The van der Waals surface area contributed by atoms with Crippen LogP contribution in [0.1, 0.15) is 45.4 Å². The van der Waals surface area contributed by atoms with Gasteiger partial charge in [0.2, 0.25) is 0 Å². The van der Waals surface area contributed by atoms with Crippen molar-refractivity contribution in [2.45, 2.75) is 81.2 Å². The summed E-state index contributed by atoms with van der Waals surface area (Å²) in [6.07, 6.45) is -8.86. The lowest BCUT2D eigenvalue weighted by molar-refractivity contribution is -0.420. The van der Waals surface area contributed by atoms with Crippen molar-refractivity contribution in [3.8, 4) is 0 Å². The molecule has 1 saturated heterocycles. The lowest BCUT2D eigenvalue weighted by Gasteiger charge is -2.47.